The number of nitrogens with one attached hydrogen (secondary N) is 1. The average molecular weight is 284 g/mol. The van der Waals surface area contributed by atoms with Crippen molar-refractivity contribution in [1.29, 1.82) is 0 Å². The summed E-state index contributed by atoms with van der Waals surface area (Å²) in [7, 11) is 0. The summed E-state index contributed by atoms with van der Waals surface area (Å²) in [6.07, 6.45) is -0.181. The van der Waals surface area contributed by atoms with Gasteiger partial charge in [0.2, 0.25) is 0 Å². The van der Waals surface area contributed by atoms with Gasteiger partial charge in [-0.2, -0.15) is 5.10 Å². The highest BCUT2D eigenvalue weighted by atomic mass is 35.5. The predicted molar refractivity (Wildman–Crippen MR) is 73.6 cm³/mol. The van der Waals surface area contributed by atoms with Crippen LogP contribution in [0.2, 0.25) is 5.02 Å². The molecule has 0 aliphatic carbocycles. The second-order valence-corrected chi connectivity index (χ2v) is 4.67. The Morgan fingerprint density at radius 3 is 2.72 bits per heavy atom. The number of aromatic nitrogens is 3. The summed E-state index contributed by atoms with van der Waals surface area (Å²) in [6.45, 7) is 4.72. The summed E-state index contributed by atoms with van der Waals surface area (Å²) in [4.78, 5) is 0. The van der Waals surface area contributed by atoms with Crippen LogP contribution in [0.3, 0.4) is 0 Å². The van der Waals surface area contributed by atoms with Crippen molar-refractivity contribution in [2.75, 3.05) is 0 Å². The van der Waals surface area contributed by atoms with Gasteiger partial charge in [0, 0.05) is 11.6 Å². The molecule has 1 N–H and O–H groups in total. The molecule has 0 aliphatic heterocycles. The third-order valence-electron chi connectivity index (χ3n) is 2.59. The largest absolute Gasteiger partial charge is 0.483 e. The van der Waals surface area contributed by atoms with Gasteiger partial charge < -0.3 is 9.30 Å². The average Bonchev–Trinajstić information content (AvgIpc) is 2.73. The highest BCUT2D eigenvalue weighted by Gasteiger charge is 2.14. The first-order chi connectivity index (χ1) is 8.61. The van der Waals surface area contributed by atoms with Crippen molar-refractivity contribution in [1.82, 2.24) is 14.8 Å². The van der Waals surface area contributed by atoms with Crippen LogP contribution in [0.4, 0.5) is 0 Å². The maximum absolute atomic E-state index is 5.83. The predicted octanol–water partition coefficient (Wildman–Crippen LogP) is 3.75. The molecular formula is C12H14ClN3OS. The minimum atomic E-state index is -0.181. The Kier molecular flexibility index (Phi) is 4.04. The number of hydrogen-bond donors (Lipinski definition) is 1. The van der Waals surface area contributed by atoms with Gasteiger partial charge in [-0.3, -0.25) is 5.10 Å². The lowest BCUT2D eigenvalue weighted by atomic mass is 10.3. The summed E-state index contributed by atoms with van der Waals surface area (Å²) in [5.41, 5.74) is 0. The van der Waals surface area contributed by atoms with E-state index < -0.39 is 0 Å². The van der Waals surface area contributed by atoms with Gasteiger partial charge in [-0.15, -0.1) is 0 Å². The van der Waals surface area contributed by atoms with Crippen molar-refractivity contribution >= 4 is 23.8 Å². The minimum Gasteiger partial charge on any atom is -0.483 e. The Morgan fingerprint density at radius 1 is 1.44 bits per heavy atom. The molecule has 0 unspecified atom stereocenters. The van der Waals surface area contributed by atoms with Crippen molar-refractivity contribution in [3.05, 3.63) is 39.9 Å². The van der Waals surface area contributed by atoms with Crippen LogP contribution in [0.1, 0.15) is 25.8 Å². The lowest BCUT2D eigenvalue weighted by Crippen LogP contribution is -2.11. The van der Waals surface area contributed by atoms with E-state index in [1.165, 1.54) is 0 Å². The first-order valence-corrected chi connectivity index (χ1v) is 6.47. The second kappa shape index (κ2) is 5.54. The molecule has 0 radical (unpaired) electrons. The van der Waals surface area contributed by atoms with Crippen molar-refractivity contribution in [3.8, 4) is 5.75 Å². The zero-order valence-corrected chi connectivity index (χ0v) is 11.8. The smallest absolute Gasteiger partial charge is 0.195 e. The van der Waals surface area contributed by atoms with Crippen molar-refractivity contribution in [2.24, 2.45) is 0 Å². The van der Waals surface area contributed by atoms with Gasteiger partial charge in [0.15, 0.2) is 16.7 Å². The molecule has 0 bridgehead atoms. The molecule has 1 heterocycles. The number of halogens is 1. The molecule has 1 atom stereocenters. The van der Waals surface area contributed by atoms with E-state index in [0.717, 1.165) is 18.1 Å². The van der Waals surface area contributed by atoms with Crippen LogP contribution in [0, 0.1) is 4.77 Å². The molecule has 0 saturated heterocycles. The third-order valence-corrected chi connectivity index (χ3v) is 3.16. The summed E-state index contributed by atoms with van der Waals surface area (Å²) >= 11 is 11.0. The Hall–Kier alpha value is -1.33. The molecule has 2 rings (SSSR count). The number of nitrogens with zero attached hydrogens (tertiary/aromatic N) is 2. The summed E-state index contributed by atoms with van der Waals surface area (Å²) < 4.78 is 8.33. The SMILES string of the molecule is CCn1c([C@H](C)Oc2ccc(Cl)cc2)n[nH]c1=S. The molecule has 0 aliphatic rings. The maximum atomic E-state index is 5.83. The molecule has 18 heavy (non-hydrogen) atoms. The van der Waals surface area contributed by atoms with Gasteiger partial charge in [0.1, 0.15) is 5.75 Å². The molecule has 0 amide bonds. The zero-order valence-electron chi connectivity index (χ0n) is 10.2. The van der Waals surface area contributed by atoms with Crippen LogP contribution in [0.5, 0.6) is 5.75 Å². The van der Waals surface area contributed by atoms with E-state index in [1.54, 1.807) is 12.1 Å². The van der Waals surface area contributed by atoms with Gasteiger partial charge in [-0.25, -0.2) is 0 Å². The Morgan fingerprint density at radius 2 is 2.11 bits per heavy atom. The zero-order chi connectivity index (χ0) is 13.1. The van der Waals surface area contributed by atoms with E-state index in [2.05, 4.69) is 10.2 Å². The maximum Gasteiger partial charge on any atom is 0.195 e. The van der Waals surface area contributed by atoms with E-state index in [1.807, 2.05) is 30.5 Å². The molecular weight excluding hydrogens is 270 g/mol. The topological polar surface area (TPSA) is 42.8 Å². The van der Waals surface area contributed by atoms with Crippen LogP contribution < -0.4 is 4.74 Å². The van der Waals surface area contributed by atoms with E-state index in [9.17, 15) is 0 Å². The number of hydrogen-bond acceptors (Lipinski definition) is 3. The van der Waals surface area contributed by atoms with E-state index in [0.29, 0.717) is 9.79 Å². The summed E-state index contributed by atoms with van der Waals surface area (Å²) in [6, 6.07) is 7.24. The van der Waals surface area contributed by atoms with Crippen LogP contribution in [-0.2, 0) is 6.54 Å². The number of H-pyrrole nitrogens is 1. The number of benzene rings is 1. The molecule has 0 saturated carbocycles. The molecule has 2 aromatic rings. The van der Waals surface area contributed by atoms with Crippen LogP contribution >= 0.6 is 23.8 Å². The molecule has 4 nitrogen and oxygen atoms in total. The fraction of sp³-hybridized carbons (Fsp3) is 0.333. The molecule has 1 aromatic carbocycles. The molecule has 0 spiro atoms. The Labute approximate surface area is 116 Å². The van der Waals surface area contributed by atoms with E-state index in [4.69, 9.17) is 28.6 Å². The Bertz CT molecular complexity index is 576. The monoisotopic (exact) mass is 283 g/mol. The Balaban J connectivity index is 2.19. The number of ether oxygens (including phenoxy) is 1. The minimum absolute atomic E-state index is 0.181. The fourth-order valence-corrected chi connectivity index (χ4v) is 2.11. The van der Waals surface area contributed by atoms with Crippen molar-refractivity contribution < 1.29 is 4.74 Å². The first kappa shape index (κ1) is 13.1. The van der Waals surface area contributed by atoms with Gasteiger partial charge in [0.05, 0.1) is 0 Å². The summed E-state index contributed by atoms with van der Waals surface area (Å²) in [5, 5.41) is 7.66. The summed E-state index contributed by atoms with van der Waals surface area (Å²) in [5.74, 6) is 1.54. The molecule has 6 heteroatoms. The quantitative estimate of drug-likeness (QED) is 0.869. The molecule has 1 aromatic heterocycles. The van der Waals surface area contributed by atoms with Crippen LogP contribution in [-0.4, -0.2) is 14.8 Å². The third kappa shape index (κ3) is 2.73. The highest BCUT2D eigenvalue weighted by Crippen LogP contribution is 2.22. The van der Waals surface area contributed by atoms with Gasteiger partial charge >= 0.3 is 0 Å². The normalized spacial score (nSPS) is 12.4. The lowest BCUT2D eigenvalue weighted by Gasteiger charge is -2.14. The van der Waals surface area contributed by atoms with Crippen LogP contribution in [0.25, 0.3) is 0 Å². The van der Waals surface area contributed by atoms with Gasteiger partial charge in [0.25, 0.3) is 0 Å². The van der Waals surface area contributed by atoms with Gasteiger partial charge in [-0.05, 0) is 50.3 Å². The molecule has 0 fully saturated rings. The lowest BCUT2D eigenvalue weighted by molar-refractivity contribution is 0.210. The van der Waals surface area contributed by atoms with Crippen molar-refractivity contribution in [3.63, 3.8) is 0 Å². The van der Waals surface area contributed by atoms with Crippen molar-refractivity contribution in [2.45, 2.75) is 26.5 Å². The first-order valence-electron chi connectivity index (χ1n) is 5.69. The van der Waals surface area contributed by atoms with Gasteiger partial charge in [-0.1, -0.05) is 11.6 Å². The highest BCUT2D eigenvalue weighted by molar-refractivity contribution is 7.71. The number of aromatic amines is 1. The number of rotatable bonds is 4. The van der Waals surface area contributed by atoms with Crippen LogP contribution in [0.15, 0.2) is 24.3 Å². The van der Waals surface area contributed by atoms with E-state index >= 15 is 0 Å². The van der Waals surface area contributed by atoms with E-state index in [-0.39, 0.29) is 6.10 Å². The standard InChI is InChI=1S/C12H14ClN3OS/c1-3-16-11(14-15-12(16)18)8(2)17-10-6-4-9(13)5-7-10/h4-8H,3H2,1-2H3,(H,15,18)/t8-/m0/s1. The molecule has 96 valence electrons. The fourth-order valence-electron chi connectivity index (χ4n) is 1.72. The second-order valence-electron chi connectivity index (χ2n) is 3.85.